The molecule has 0 spiro atoms. The van der Waals surface area contributed by atoms with Gasteiger partial charge in [-0.25, -0.2) is 13.4 Å². The molecule has 18 heavy (non-hydrogen) atoms. The molecule has 0 aromatic carbocycles. The Balaban J connectivity index is 2.13. The molecule has 1 aliphatic rings. The Bertz CT molecular complexity index is 525. The molecule has 1 saturated carbocycles. The first-order valence-corrected chi connectivity index (χ1v) is 8.48. The molecule has 0 unspecified atom stereocenters. The Hall–Kier alpha value is -0.620. The molecule has 4 nitrogen and oxygen atoms in total. The highest BCUT2D eigenvalue weighted by atomic mass is 79.9. The van der Waals surface area contributed by atoms with Gasteiger partial charge in [0.15, 0.2) is 0 Å². The summed E-state index contributed by atoms with van der Waals surface area (Å²) in [5, 5.41) is -0.267. The second kappa shape index (κ2) is 5.57. The second-order valence-corrected chi connectivity index (χ2v) is 7.49. The number of pyridine rings is 1. The maximum atomic E-state index is 12.2. The maximum absolute atomic E-state index is 12.2. The highest BCUT2D eigenvalue weighted by Crippen LogP contribution is 2.25. The van der Waals surface area contributed by atoms with Crippen LogP contribution in [0.3, 0.4) is 0 Å². The van der Waals surface area contributed by atoms with Gasteiger partial charge in [0.2, 0.25) is 10.0 Å². The molecule has 1 aromatic rings. The molecule has 2 rings (SSSR count). The first kappa shape index (κ1) is 13.8. The van der Waals surface area contributed by atoms with Crippen molar-refractivity contribution in [2.24, 2.45) is 0 Å². The van der Waals surface area contributed by atoms with Crippen LogP contribution in [0.2, 0.25) is 0 Å². The van der Waals surface area contributed by atoms with Crippen molar-refractivity contribution < 1.29 is 8.42 Å². The SMILES string of the molecule is Cc1nc(NS(=O)(=O)C2CCCCC2)ccc1Br. The van der Waals surface area contributed by atoms with E-state index in [9.17, 15) is 8.42 Å². The fraction of sp³-hybridized carbons (Fsp3) is 0.583. The molecular formula is C12H17BrN2O2S. The van der Waals surface area contributed by atoms with E-state index < -0.39 is 10.0 Å². The number of halogens is 1. The number of nitrogens with zero attached hydrogens (tertiary/aromatic N) is 1. The summed E-state index contributed by atoms with van der Waals surface area (Å²) in [5.74, 6) is 0.404. The van der Waals surface area contributed by atoms with Gasteiger partial charge in [-0.15, -0.1) is 0 Å². The van der Waals surface area contributed by atoms with E-state index >= 15 is 0 Å². The van der Waals surface area contributed by atoms with Crippen LogP contribution in [-0.2, 0) is 10.0 Å². The maximum Gasteiger partial charge on any atom is 0.236 e. The van der Waals surface area contributed by atoms with E-state index in [-0.39, 0.29) is 5.25 Å². The molecular weight excluding hydrogens is 316 g/mol. The number of nitrogens with one attached hydrogen (secondary N) is 1. The van der Waals surface area contributed by atoms with Crippen LogP contribution in [-0.4, -0.2) is 18.7 Å². The van der Waals surface area contributed by atoms with Gasteiger partial charge in [-0.2, -0.15) is 0 Å². The van der Waals surface area contributed by atoms with E-state index in [1.807, 2.05) is 6.92 Å². The summed E-state index contributed by atoms with van der Waals surface area (Å²) in [4.78, 5) is 4.22. The van der Waals surface area contributed by atoms with Gasteiger partial charge >= 0.3 is 0 Å². The quantitative estimate of drug-likeness (QED) is 0.924. The number of aromatic nitrogens is 1. The molecule has 0 amide bonds. The van der Waals surface area contributed by atoms with Crippen molar-refractivity contribution in [1.29, 1.82) is 0 Å². The predicted molar refractivity (Wildman–Crippen MR) is 76.1 cm³/mol. The summed E-state index contributed by atoms with van der Waals surface area (Å²) in [6, 6.07) is 3.48. The number of hydrogen-bond acceptors (Lipinski definition) is 3. The predicted octanol–water partition coefficient (Wildman–Crippen LogP) is 3.23. The Morgan fingerprint density at radius 3 is 2.56 bits per heavy atom. The van der Waals surface area contributed by atoms with E-state index in [2.05, 4.69) is 25.6 Å². The molecule has 1 N–H and O–H groups in total. The van der Waals surface area contributed by atoms with Crippen molar-refractivity contribution in [1.82, 2.24) is 4.98 Å². The average molecular weight is 333 g/mol. The van der Waals surface area contributed by atoms with Gasteiger partial charge in [-0.3, -0.25) is 4.72 Å². The Kier molecular flexibility index (Phi) is 4.27. The van der Waals surface area contributed by atoms with E-state index in [0.717, 1.165) is 42.3 Å². The summed E-state index contributed by atoms with van der Waals surface area (Å²) in [6.45, 7) is 1.84. The zero-order valence-corrected chi connectivity index (χ0v) is 12.7. The minimum absolute atomic E-state index is 0.267. The van der Waals surface area contributed by atoms with Gasteiger partial charge in [0.25, 0.3) is 0 Å². The van der Waals surface area contributed by atoms with E-state index in [1.165, 1.54) is 0 Å². The number of anilines is 1. The smallest absolute Gasteiger partial charge is 0.236 e. The molecule has 0 bridgehead atoms. The van der Waals surface area contributed by atoms with Gasteiger partial charge in [-0.1, -0.05) is 19.3 Å². The average Bonchev–Trinajstić information content (AvgIpc) is 2.35. The largest absolute Gasteiger partial charge is 0.267 e. The summed E-state index contributed by atoms with van der Waals surface area (Å²) >= 11 is 3.35. The summed E-state index contributed by atoms with van der Waals surface area (Å²) in [7, 11) is -3.29. The summed E-state index contributed by atoms with van der Waals surface area (Å²) < 4.78 is 27.9. The van der Waals surface area contributed by atoms with Crippen LogP contribution in [0.5, 0.6) is 0 Å². The molecule has 0 saturated heterocycles. The third-order valence-electron chi connectivity index (χ3n) is 3.26. The lowest BCUT2D eigenvalue weighted by Crippen LogP contribution is -2.30. The zero-order chi connectivity index (χ0) is 13.2. The first-order valence-electron chi connectivity index (χ1n) is 6.14. The van der Waals surface area contributed by atoms with Crippen LogP contribution in [0.25, 0.3) is 0 Å². The van der Waals surface area contributed by atoms with Crippen molar-refractivity contribution in [3.8, 4) is 0 Å². The molecule has 0 radical (unpaired) electrons. The van der Waals surface area contributed by atoms with Gasteiger partial charge in [0.1, 0.15) is 5.82 Å². The Morgan fingerprint density at radius 1 is 1.28 bits per heavy atom. The van der Waals surface area contributed by atoms with Gasteiger partial charge < -0.3 is 0 Å². The van der Waals surface area contributed by atoms with Crippen LogP contribution in [0, 0.1) is 6.92 Å². The fourth-order valence-corrected chi connectivity index (χ4v) is 3.95. The lowest BCUT2D eigenvalue weighted by Gasteiger charge is -2.22. The molecule has 0 aliphatic heterocycles. The highest BCUT2D eigenvalue weighted by Gasteiger charge is 2.27. The summed E-state index contributed by atoms with van der Waals surface area (Å²) in [6.07, 6.45) is 4.65. The van der Waals surface area contributed by atoms with Crippen molar-refractivity contribution >= 4 is 31.8 Å². The highest BCUT2D eigenvalue weighted by molar-refractivity contribution is 9.10. The first-order chi connectivity index (χ1) is 8.49. The van der Waals surface area contributed by atoms with Crippen molar-refractivity contribution in [3.05, 3.63) is 22.3 Å². The third kappa shape index (κ3) is 3.23. The Labute approximate surface area is 116 Å². The van der Waals surface area contributed by atoms with Crippen molar-refractivity contribution in [2.45, 2.75) is 44.3 Å². The number of hydrogen-bond donors (Lipinski definition) is 1. The second-order valence-electron chi connectivity index (χ2n) is 4.67. The molecule has 100 valence electrons. The van der Waals surface area contributed by atoms with Crippen molar-refractivity contribution in [2.75, 3.05) is 4.72 Å². The van der Waals surface area contributed by atoms with Gasteiger partial charge in [0.05, 0.1) is 10.9 Å². The molecule has 1 heterocycles. The third-order valence-corrected chi connectivity index (χ3v) is 5.94. The van der Waals surface area contributed by atoms with Crippen LogP contribution < -0.4 is 4.72 Å². The Morgan fingerprint density at radius 2 is 1.94 bits per heavy atom. The van der Waals surface area contributed by atoms with Gasteiger partial charge in [-0.05, 0) is 47.8 Å². The van der Waals surface area contributed by atoms with Crippen LogP contribution in [0.4, 0.5) is 5.82 Å². The molecule has 1 fully saturated rings. The van der Waals surface area contributed by atoms with Crippen LogP contribution in [0.1, 0.15) is 37.8 Å². The minimum Gasteiger partial charge on any atom is -0.267 e. The van der Waals surface area contributed by atoms with Crippen LogP contribution in [0.15, 0.2) is 16.6 Å². The number of sulfonamides is 1. The lowest BCUT2D eigenvalue weighted by molar-refractivity contribution is 0.486. The molecule has 0 atom stereocenters. The molecule has 1 aliphatic carbocycles. The van der Waals surface area contributed by atoms with Crippen LogP contribution >= 0.6 is 15.9 Å². The normalized spacial score (nSPS) is 17.7. The van der Waals surface area contributed by atoms with E-state index in [4.69, 9.17) is 0 Å². The topological polar surface area (TPSA) is 59.1 Å². The summed E-state index contributed by atoms with van der Waals surface area (Å²) in [5.41, 5.74) is 0.777. The lowest BCUT2D eigenvalue weighted by atomic mass is 10.0. The number of rotatable bonds is 3. The zero-order valence-electron chi connectivity index (χ0n) is 10.3. The monoisotopic (exact) mass is 332 g/mol. The fourth-order valence-electron chi connectivity index (χ4n) is 2.21. The van der Waals surface area contributed by atoms with Gasteiger partial charge in [0, 0.05) is 4.47 Å². The molecule has 6 heteroatoms. The van der Waals surface area contributed by atoms with E-state index in [0.29, 0.717) is 5.82 Å². The van der Waals surface area contributed by atoms with E-state index in [1.54, 1.807) is 12.1 Å². The number of aryl methyl sites for hydroxylation is 1. The molecule has 1 aromatic heterocycles. The van der Waals surface area contributed by atoms with Crippen molar-refractivity contribution in [3.63, 3.8) is 0 Å². The minimum atomic E-state index is -3.29. The standard InChI is InChI=1S/C12H17BrN2O2S/c1-9-11(13)7-8-12(14-9)15-18(16,17)10-5-3-2-4-6-10/h7-8,10H,2-6H2,1H3,(H,14,15).